The second kappa shape index (κ2) is 6.66. The fraction of sp³-hybridized carbons (Fsp3) is 0.391. The van der Waals surface area contributed by atoms with Gasteiger partial charge in [0.05, 0.1) is 5.92 Å². The van der Waals surface area contributed by atoms with Gasteiger partial charge in [0.1, 0.15) is 6.61 Å². The lowest BCUT2D eigenvalue weighted by Gasteiger charge is -2.27. The molecular weight excluding hydrogens is 354 g/mol. The lowest BCUT2D eigenvalue weighted by atomic mass is 9.86. The van der Waals surface area contributed by atoms with Crippen LogP contribution in [0.2, 0.25) is 0 Å². The molecule has 2 fully saturated rings. The van der Waals surface area contributed by atoms with Crippen molar-refractivity contribution in [2.24, 2.45) is 17.8 Å². The Bertz CT molecular complexity index is 894. The van der Waals surface area contributed by atoms with Gasteiger partial charge in [-0.1, -0.05) is 48.5 Å². The van der Waals surface area contributed by atoms with Crippen molar-refractivity contribution < 1.29 is 19.4 Å². The van der Waals surface area contributed by atoms with Gasteiger partial charge in [0.25, 0.3) is 0 Å². The maximum absolute atomic E-state index is 12.5. The molecule has 0 heterocycles. The van der Waals surface area contributed by atoms with Gasteiger partial charge in [0.15, 0.2) is 0 Å². The third kappa shape index (κ3) is 2.95. The van der Waals surface area contributed by atoms with Crippen LogP contribution in [0.1, 0.15) is 36.3 Å². The number of hydrogen-bond acceptors (Lipinski definition) is 3. The molecule has 2 saturated carbocycles. The van der Waals surface area contributed by atoms with Crippen LogP contribution in [0.15, 0.2) is 48.5 Å². The Morgan fingerprint density at radius 2 is 1.61 bits per heavy atom. The summed E-state index contributed by atoms with van der Waals surface area (Å²) in [6.07, 6.45) is 1.81. The number of nitrogens with one attached hydrogen (secondary N) is 1. The van der Waals surface area contributed by atoms with Crippen molar-refractivity contribution in [3.05, 3.63) is 59.7 Å². The lowest BCUT2D eigenvalue weighted by Crippen LogP contribution is -2.42. The predicted octanol–water partition coefficient (Wildman–Crippen LogP) is 4.02. The summed E-state index contributed by atoms with van der Waals surface area (Å²) >= 11 is 0. The molecule has 5 rings (SSSR count). The second-order valence-corrected chi connectivity index (χ2v) is 8.24. The molecule has 5 nitrogen and oxygen atoms in total. The van der Waals surface area contributed by atoms with Crippen LogP contribution in [0, 0.1) is 17.8 Å². The van der Waals surface area contributed by atoms with Crippen LogP contribution in [-0.2, 0) is 9.53 Å². The number of carbonyl (C=O) groups is 2. The number of hydrogen-bond donors (Lipinski definition) is 2. The van der Waals surface area contributed by atoms with E-state index in [4.69, 9.17) is 4.74 Å². The Hall–Kier alpha value is -2.82. The van der Waals surface area contributed by atoms with E-state index >= 15 is 0 Å². The minimum Gasteiger partial charge on any atom is -0.481 e. The molecule has 0 bridgehead atoms. The number of amides is 1. The number of carbonyl (C=O) groups excluding carboxylic acids is 1. The average Bonchev–Trinajstić information content (AvgIpc) is 3.42. The molecule has 0 spiro atoms. The van der Waals surface area contributed by atoms with Crippen molar-refractivity contribution in [3.8, 4) is 11.1 Å². The molecule has 3 aliphatic rings. The van der Waals surface area contributed by atoms with E-state index in [2.05, 4.69) is 29.6 Å². The maximum atomic E-state index is 12.5. The first-order valence-corrected chi connectivity index (χ1v) is 9.96. The highest BCUT2D eigenvalue weighted by Gasteiger charge is 2.50. The van der Waals surface area contributed by atoms with E-state index in [1.54, 1.807) is 0 Å². The number of aliphatic carboxylic acids is 1. The number of ether oxygens (including phenoxy) is 1. The van der Waals surface area contributed by atoms with E-state index in [9.17, 15) is 14.7 Å². The average molecular weight is 377 g/mol. The topological polar surface area (TPSA) is 75.6 Å². The van der Waals surface area contributed by atoms with E-state index in [1.807, 2.05) is 24.3 Å². The van der Waals surface area contributed by atoms with Gasteiger partial charge in [-0.2, -0.15) is 0 Å². The van der Waals surface area contributed by atoms with Gasteiger partial charge in [-0.05, 0) is 53.4 Å². The number of fused-ring (bicyclic) bond motifs is 4. The van der Waals surface area contributed by atoms with Gasteiger partial charge in [0.2, 0.25) is 0 Å². The van der Waals surface area contributed by atoms with Crippen molar-refractivity contribution in [3.63, 3.8) is 0 Å². The number of alkyl carbamates (subject to hydrolysis) is 1. The van der Waals surface area contributed by atoms with Gasteiger partial charge in [0, 0.05) is 12.0 Å². The van der Waals surface area contributed by atoms with Crippen LogP contribution in [0.5, 0.6) is 0 Å². The SMILES string of the molecule is O=C(N[C@H]1C[C@H](C(=O)O)CC2CC21)OCC1c2ccccc2-c2ccccc21. The number of benzene rings is 2. The lowest BCUT2D eigenvalue weighted by molar-refractivity contribution is -0.143. The molecule has 2 N–H and O–H groups in total. The van der Waals surface area contributed by atoms with Gasteiger partial charge in [-0.25, -0.2) is 4.79 Å². The molecule has 144 valence electrons. The van der Waals surface area contributed by atoms with Crippen LogP contribution in [-0.4, -0.2) is 29.8 Å². The minimum atomic E-state index is -0.760. The number of rotatable bonds is 4. The highest BCUT2D eigenvalue weighted by molar-refractivity contribution is 5.79. The van der Waals surface area contributed by atoms with Crippen molar-refractivity contribution in [2.45, 2.75) is 31.2 Å². The monoisotopic (exact) mass is 377 g/mol. The van der Waals surface area contributed by atoms with E-state index < -0.39 is 12.1 Å². The molecule has 0 saturated heterocycles. The van der Waals surface area contributed by atoms with Crippen LogP contribution in [0.25, 0.3) is 11.1 Å². The third-order valence-corrected chi connectivity index (χ3v) is 6.62. The second-order valence-electron chi connectivity index (χ2n) is 8.24. The Morgan fingerprint density at radius 3 is 2.25 bits per heavy atom. The number of carboxylic acids is 1. The molecule has 2 unspecified atom stereocenters. The van der Waals surface area contributed by atoms with Crippen LogP contribution >= 0.6 is 0 Å². The molecule has 0 radical (unpaired) electrons. The quantitative estimate of drug-likeness (QED) is 0.844. The van der Waals surface area contributed by atoms with Gasteiger partial charge in [-0.15, -0.1) is 0 Å². The Balaban J connectivity index is 1.26. The first kappa shape index (κ1) is 17.3. The van der Waals surface area contributed by atoms with Gasteiger partial charge < -0.3 is 15.2 Å². The van der Waals surface area contributed by atoms with E-state index in [0.29, 0.717) is 18.3 Å². The first-order chi connectivity index (χ1) is 13.6. The molecule has 28 heavy (non-hydrogen) atoms. The molecule has 4 atom stereocenters. The number of carboxylic acid groups (broad SMARTS) is 1. The Morgan fingerprint density at radius 1 is 0.964 bits per heavy atom. The van der Waals surface area contributed by atoms with E-state index in [-0.39, 0.29) is 24.5 Å². The largest absolute Gasteiger partial charge is 0.481 e. The molecule has 1 amide bonds. The zero-order chi connectivity index (χ0) is 19.3. The summed E-state index contributed by atoms with van der Waals surface area (Å²) in [5.41, 5.74) is 4.76. The summed E-state index contributed by atoms with van der Waals surface area (Å²) in [5, 5.41) is 12.3. The molecule has 5 heteroatoms. The summed E-state index contributed by atoms with van der Waals surface area (Å²) in [6, 6.07) is 16.4. The normalized spacial score (nSPS) is 27.3. The standard InChI is InChI=1S/C23H23NO4/c25-22(26)14-9-13-10-19(13)21(11-14)24-23(27)28-12-20-17-7-3-1-5-15(17)16-6-2-4-8-18(16)20/h1-8,13-14,19-21H,9-12H2,(H,24,27)(H,25,26)/t13?,14-,19?,21+/m1/s1. The minimum absolute atomic E-state index is 0.0324. The van der Waals surface area contributed by atoms with Crippen LogP contribution < -0.4 is 5.32 Å². The molecule has 0 aromatic heterocycles. The van der Waals surface area contributed by atoms with Crippen molar-refractivity contribution in [2.75, 3.05) is 6.61 Å². The van der Waals surface area contributed by atoms with Crippen molar-refractivity contribution in [1.82, 2.24) is 5.32 Å². The summed E-state index contributed by atoms with van der Waals surface area (Å²) in [4.78, 5) is 23.8. The highest BCUT2D eigenvalue weighted by Crippen LogP contribution is 2.51. The molecule has 0 aliphatic heterocycles. The summed E-state index contributed by atoms with van der Waals surface area (Å²) in [5.74, 6) is -0.234. The molecule has 3 aliphatic carbocycles. The predicted molar refractivity (Wildman–Crippen MR) is 104 cm³/mol. The Kier molecular flexibility index (Phi) is 4.11. The maximum Gasteiger partial charge on any atom is 0.407 e. The molecular formula is C23H23NO4. The smallest absolute Gasteiger partial charge is 0.407 e. The fourth-order valence-corrected chi connectivity index (χ4v) is 5.14. The van der Waals surface area contributed by atoms with Crippen LogP contribution in [0.3, 0.4) is 0 Å². The molecule has 2 aromatic carbocycles. The summed E-state index contributed by atoms with van der Waals surface area (Å²) in [7, 11) is 0. The van der Waals surface area contributed by atoms with Gasteiger partial charge >= 0.3 is 12.1 Å². The fourth-order valence-electron chi connectivity index (χ4n) is 5.14. The highest BCUT2D eigenvalue weighted by atomic mass is 16.5. The van der Waals surface area contributed by atoms with E-state index in [0.717, 1.165) is 12.8 Å². The van der Waals surface area contributed by atoms with Crippen molar-refractivity contribution in [1.29, 1.82) is 0 Å². The first-order valence-electron chi connectivity index (χ1n) is 9.96. The third-order valence-electron chi connectivity index (χ3n) is 6.62. The zero-order valence-electron chi connectivity index (χ0n) is 15.5. The Labute approximate surface area is 163 Å². The van der Waals surface area contributed by atoms with E-state index in [1.165, 1.54) is 22.3 Å². The van der Waals surface area contributed by atoms with Crippen LogP contribution in [0.4, 0.5) is 4.79 Å². The molecule has 2 aromatic rings. The van der Waals surface area contributed by atoms with Gasteiger partial charge in [-0.3, -0.25) is 4.79 Å². The zero-order valence-corrected chi connectivity index (χ0v) is 15.5. The summed E-state index contributed by atoms with van der Waals surface area (Å²) < 4.78 is 5.61. The van der Waals surface area contributed by atoms with Crippen molar-refractivity contribution >= 4 is 12.1 Å². The summed E-state index contributed by atoms with van der Waals surface area (Å²) in [6.45, 7) is 0.281.